The lowest BCUT2D eigenvalue weighted by atomic mass is 10.0. The number of nitrogens with zero attached hydrogens (tertiary/aromatic N) is 6. The number of ketones is 1. The number of hydrogen-bond donors (Lipinski definition) is 0. The Morgan fingerprint density at radius 2 is 1.82 bits per heavy atom. The Kier molecular flexibility index (Phi) is 7.49. The van der Waals surface area contributed by atoms with Crippen molar-refractivity contribution in [3.63, 3.8) is 0 Å². The molecule has 0 saturated carbocycles. The van der Waals surface area contributed by atoms with Crippen molar-refractivity contribution in [1.29, 1.82) is 0 Å². The maximum absolute atomic E-state index is 12.9. The maximum atomic E-state index is 12.9. The zero-order chi connectivity index (χ0) is 23.2. The molecule has 2 aliphatic rings. The fourth-order valence-corrected chi connectivity index (χ4v) is 4.54. The normalized spacial score (nSPS) is 18.6. The zero-order valence-electron chi connectivity index (χ0n) is 19.2. The van der Waals surface area contributed by atoms with Crippen LogP contribution in [0.5, 0.6) is 0 Å². The number of Topliss-reactive ketones (excluding diaryl/α,β-unsaturated/α-hetero) is 1. The smallest absolute Gasteiger partial charge is 0.247 e. The monoisotopic (exact) mass is 452 g/mol. The van der Waals surface area contributed by atoms with Crippen molar-refractivity contribution in [2.45, 2.75) is 38.1 Å². The van der Waals surface area contributed by atoms with Crippen LogP contribution in [0.15, 0.2) is 36.7 Å². The molecule has 2 aromatic rings. The van der Waals surface area contributed by atoms with Crippen LogP contribution in [0.1, 0.15) is 47.9 Å². The van der Waals surface area contributed by atoms with Gasteiger partial charge in [0.1, 0.15) is 18.2 Å². The number of hydrogen-bond acceptors (Lipinski definition) is 6. The van der Waals surface area contributed by atoms with E-state index >= 15 is 0 Å². The quantitative estimate of drug-likeness (QED) is 0.563. The number of rotatable bonds is 8. The number of piperazine rings is 1. The molecule has 2 amide bonds. The molecule has 1 aromatic carbocycles. The Bertz CT molecular complexity index is 968. The van der Waals surface area contributed by atoms with Crippen LogP contribution in [0.4, 0.5) is 0 Å². The number of aryl methyl sites for hydroxylation is 1. The summed E-state index contributed by atoms with van der Waals surface area (Å²) in [5, 5.41) is 4.25. The van der Waals surface area contributed by atoms with E-state index in [1.54, 1.807) is 21.7 Å². The molecule has 4 rings (SSSR count). The number of likely N-dealkylation sites (N-methyl/N-ethyl adjacent to an activating group) is 1. The second kappa shape index (κ2) is 10.7. The van der Waals surface area contributed by atoms with Crippen molar-refractivity contribution in [1.82, 2.24) is 29.5 Å². The summed E-state index contributed by atoms with van der Waals surface area (Å²) < 4.78 is 1.77. The number of fused-ring (bicyclic) bond motifs is 1. The summed E-state index contributed by atoms with van der Waals surface area (Å²) in [7, 11) is 1.84. The highest BCUT2D eigenvalue weighted by atomic mass is 16.2. The van der Waals surface area contributed by atoms with E-state index < -0.39 is 0 Å². The van der Waals surface area contributed by atoms with Crippen LogP contribution >= 0.6 is 0 Å². The molecule has 1 saturated heterocycles. The first-order valence-corrected chi connectivity index (χ1v) is 11.7. The van der Waals surface area contributed by atoms with Crippen LogP contribution in [0.3, 0.4) is 0 Å². The molecule has 0 radical (unpaired) electrons. The van der Waals surface area contributed by atoms with E-state index in [1.165, 1.54) is 6.33 Å². The van der Waals surface area contributed by atoms with Gasteiger partial charge in [-0.05, 0) is 12.8 Å². The second-order valence-electron chi connectivity index (χ2n) is 8.80. The summed E-state index contributed by atoms with van der Waals surface area (Å²) in [5.41, 5.74) is 0.655. The first-order valence-electron chi connectivity index (χ1n) is 11.7. The van der Waals surface area contributed by atoms with E-state index in [4.69, 9.17) is 0 Å². The Hall–Kier alpha value is -3.07. The first-order chi connectivity index (χ1) is 16.0. The minimum absolute atomic E-state index is 0.00581. The van der Waals surface area contributed by atoms with Gasteiger partial charge in [0.2, 0.25) is 11.8 Å². The number of carbonyl (C=O) groups is 3. The third-order valence-electron chi connectivity index (χ3n) is 6.62. The van der Waals surface area contributed by atoms with Crippen molar-refractivity contribution in [3.05, 3.63) is 48.0 Å². The van der Waals surface area contributed by atoms with Crippen LogP contribution in [0, 0.1) is 0 Å². The van der Waals surface area contributed by atoms with Gasteiger partial charge >= 0.3 is 0 Å². The minimum Gasteiger partial charge on any atom is -0.343 e. The predicted octanol–water partition coefficient (Wildman–Crippen LogP) is 1.42. The van der Waals surface area contributed by atoms with E-state index in [1.807, 2.05) is 30.1 Å². The highest BCUT2D eigenvalue weighted by molar-refractivity contribution is 5.97. The van der Waals surface area contributed by atoms with Gasteiger partial charge in [0.15, 0.2) is 5.78 Å². The number of amides is 2. The minimum atomic E-state index is -0.255. The molecule has 0 bridgehead atoms. The van der Waals surface area contributed by atoms with Gasteiger partial charge < -0.3 is 9.80 Å². The highest BCUT2D eigenvalue weighted by Crippen LogP contribution is 2.24. The average Bonchev–Trinajstić information content (AvgIpc) is 3.35. The van der Waals surface area contributed by atoms with Gasteiger partial charge in [-0.1, -0.05) is 30.3 Å². The molecule has 3 heterocycles. The van der Waals surface area contributed by atoms with E-state index in [2.05, 4.69) is 15.0 Å². The fourth-order valence-electron chi connectivity index (χ4n) is 4.54. The zero-order valence-corrected chi connectivity index (χ0v) is 19.2. The summed E-state index contributed by atoms with van der Waals surface area (Å²) in [6, 6.07) is 8.85. The molecule has 9 nitrogen and oxygen atoms in total. The van der Waals surface area contributed by atoms with Crippen molar-refractivity contribution in [2.75, 3.05) is 46.3 Å². The molecule has 1 atom stereocenters. The lowest BCUT2D eigenvalue weighted by molar-refractivity contribution is -0.134. The van der Waals surface area contributed by atoms with Crippen LogP contribution in [0.2, 0.25) is 0 Å². The van der Waals surface area contributed by atoms with Gasteiger partial charge in [-0.3, -0.25) is 19.3 Å². The molecular weight excluding hydrogens is 420 g/mol. The standard InChI is InChI=1S/C24H32N6O3/c1-27(24(33)20-8-5-9-22-25-18-26-30(20)22)12-13-28-14-16-29(17-15-28)23(32)11-10-21(31)19-6-3-2-4-7-19/h2-4,6-7,18,20H,5,8-17H2,1H3. The number of aromatic nitrogens is 3. The van der Waals surface area contributed by atoms with E-state index in [9.17, 15) is 14.4 Å². The molecule has 0 spiro atoms. The van der Waals surface area contributed by atoms with Crippen LogP contribution in [0.25, 0.3) is 0 Å². The fraction of sp³-hybridized carbons (Fsp3) is 0.542. The lowest BCUT2D eigenvalue weighted by Crippen LogP contribution is -2.50. The number of carbonyl (C=O) groups excluding carboxylic acids is 3. The highest BCUT2D eigenvalue weighted by Gasteiger charge is 2.30. The van der Waals surface area contributed by atoms with E-state index in [-0.39, 0.29) is 36.5 Å². The summed E-state index contributed by atoms with van der Waals surface area (Å²) in [5.74, 6) is 1.01. The molecule has 176 valence electrons. The Labute approximate surface area is 194 Å². The molecule has 2 aliphatic heterocycles. The topological polar surface area (TPSA) is 91.6 Å². The Morgan fingerprint density at radius 3 is 2.58 bits per heavy atom. The molecule has 1 aromatic heterocycles. The second-order valence-corrected chi connectivity index (χ2v) is 8.80. The summed E-state index contributed by atoms with van der Waals surface area (Å²) >= 11 is 0. The van der Waals surface area contributed by atoms with Gasteiger partial charge in [0.25, 0.3) is 0 Å². The van der Waals surface area contributed by atoms with Crippen LogP contribution in [-0.4, -0.2) is 93.4 Å². The lowest BCUT2D eigenvalue weighted by Gasteiger charge is -2.36. The maximum Gasteiger partial charge on any atom is 0.247 e. The Balaban J connectivity index is 1.17. The Morgan fingerprint density at radius 1 is 1.06 bits per heavy atom. The summed E-state index contributed by atoms with van der Waals surface area (Å²) in [6.07, 6.45) is 4.64. The summed E-state index contributed by atoms with van der Waals surface area (Å²) in [4.78, 5) is 47.9. The van der Waals surface area contributed by atoms with E-state index in [0.717, 1.165) is 44.7 Å². The molecule has 0 aliphatic carbocycles. The third kappa shape index (κ3) is 5.65. The van der Waals surface area contributed by atoms with Crippen molar-refractivity contribution >= 4 is 17.6 Å². The van der Waals surface area contributed by atoms with Gasteiger partial charge in [0, 0.05) is 71.1 Å². The molecule has 33 heavy (non-hydrogen) atoms. The van der Waals surface area contributed by atoms with Crippen LogP contribution < -0.4 is 0 Å². The molecule has 1 unspecified atom stereocenters. The van der Waals surface area contributed by atoms with E-state index in [0.29, 0.717) is 25.2 Å². The van der Waals surface area contributed by atoms with Crippen molar-refractivity contribution in [3.8, 4) is 0 Å². The summed E-state index contributed by atoms with van der Waals surface area (Å²) in [6.45, 7) is 4.27. The van der Waals surface area contributed by atoms with Crippen molar-refractivity contribution < 1.29 is 14.4 Å². The predicted molar refractivity (Wildman–Crippen MR) is 123 cm³/mol. The largest absolute Gasteiger partial charge is 0.343 e. The third-order valence-corrected chi connectivity index (χ3v) is 6.62. The average molecular weight is 453 g/mol. The van der Waals surface area contributed by atoms with Crippen LogP contribution in [-0.2, 0) is 16.0 Å². The number of benzene rings is 1. The molecular formula is C24H32N6O3. The molecule has 1 fully saturated rings. The van der Waals surface area contributed by atoms with Gasteiger partial charge in [0.05, 0.1) is 0 Å². The van der Waals surface area contributed by atoms with Gasteiger partial charge in [-0.25, -0.2) is 9.67 Å². The SMILES string of the molecule is CN(CCN1CCN(C(=O)CCC(=O)c2ccccc2)CC1)C(=O)C1CCCc2ncnn21. The molecule has 9 heteroatoms. The van der Waals surface area contributed by atoms with Gasteiger partial charge in [-0.2, -0.15) is 5.10 Å². The first kappa shape index (κ1) is 23.1. The molecule has 0 N–H and O–H groups in total. The van der Waals surface area contributed by atoms with Gasteiger partial charge in [-0.15, -0.1) is 0 Å². The van der Waals surface area contributed by atoms with Crippen molar-refractivity contribution in [2.24, 2.45) is 0 Å².